The molecule has 7 heteroatoms. The Morgan fingerprint density at radius 3 is 2.56 bits per heavy atom. The van der Waals surface area contributed by atoms with Gasteiger partial charge in [-0.2, -0.15) is 0 Å². The molecule has 0 saturated heterocycles. The van der Waals surface area contributed by atoms with E-state index in [1.165, 1.54) is 18.2 Å². The number of carboxylic acid groups (broad SMARTS) is 1. The second kappa shape index (κ2) is 5.58. The highest BCUT2D eigenvalue weighted by Gasteiger charge is 2.09. The number of aryl methyl sites for hydroxylation is 1. The van der Waals surface area contributed by atoms with Crippen LogP contribution in [0.1, 0.15) is 5.56 Å². The van der Waals surface area contributed by atoms with Crippen LogP contribution < -0.4 is 5.32 Å². The van der Waals surface area contributed by atoms with Gasteiger partial charge in [-0.25, -0.2) is 4.79 Å². The minimum absolute atomic E-state index is 0.0772. The number of amides is 1. The van der Waals surface area contributed by atoms with E-state index in [4.69, 9.17) is 5.11 Å². The van der Waals surface area contributed by atoms with Crippen LogP contribution in [0.5, 0.6) is 0 Å². The third kappa shape index (κ3) is 3.71. The molecule has 1 aromatic rings. The Balaban J connectivity index is 2.83. The first-order valence-corrected chi connectivity index (χ1v) is 4.87. The highest BCUT2D eigenvalue weighted by molar-refractivity contribution is 6.02. The maximum Gasteiger partial charge on any atom is 0.328 e. The minimum atomic E-state index is -1.23. The number of nitro groups is 1. The number of carboxylic acids is 1. The average molecular weight is 250 g/mol. The van der Waals surface area contributed by atoms with Crippen molar-refractivity contribution in [2.75, 3.05) is 5.32 Å². The molecular formula is C11H10N2O5. The molecule has 1 rings (SSSR count). The van der Waals surface area contributed by atoms with Crippen molar-refractivity contribution in [2.45, 2.75) is 6.92 Å². The quantitative estimate of drug-likeness (QED) is 0.477. The van der Waals surface area contributed by atoms with Gasteiger partial charge < -0.3 is 10.4 Å². The molecule has 1 aromatic carbocycles. The Hall–Kier alpha value is -2.70. The second-order valence-corrected chi connectivity index (χ2v) is 3.42. The standard InChI is InChI=1S/C11H10N2O5/c1-7-6-8(13(17)18)2-3-9(7)12-10(14)4-5-11(15)16/h2-6H,1H3,(H,12,14)(H,15,16)/b5-4-. The van der Waals surface area contributed by atoms with E-state index < -0.39 is 16.8 Å². The predicted octanol–water partition coefficient (Wildman–Crippen LogP) is 1.48. The predicted molar refractivity (Wildman–Crippen MR) is 63.2 cm³/mol. The van der Waals surface area contributed by atoms with Crippen LogP contribution in [0.4, 0.5) is 11.4 Å². The van der Waals surface area contributed by atoms with E-state index in [0.29, 0.717) is 17.3 Å². The molecule has 0 saturated carbocycles. The molecule has 0 atom stereocenters. The molecule has 0 radical (unpaired) electrons. The summed E-state index contributed by atoms with van der Waals surface area (Å²) in [5.41, 5.74) is 0.827. The molecule has 7 nitrogen and oxygen atoms in total. The number of carbonyl (C=O) groups is 2. The summed E-state index contributed by atoms with van der Waals surface area (Å²) in [5.74, 6) is -1.85. The normalized spacial score (nSPS) is 10.3. The van der Waals surface area contributed by atoms with Crippen molar-refractivity contribution in [1.82, 2.24) is 0 Å². The number of carbonyl (C=O) groups excluding carboxylic acids is 1. The third-order valence-electron chi connectivity index (χ3n) is 2.06. The minimum Gasteiger partial charge on any atom is -0.478 e. The Bertz CT molecular complexity index is 536. The van der Waals surface area contributed by atoms with Crippen molar-refractivity contribution in [1.29, 1.82) is 0 Å². The fourth-order valence-corrected chi connectivity index (χ4v) is 1.22. The summed E-state index contributed by atoms with van der Waals surface area (Å²) in [4.78, 5) is 31.5. The van der Waals surface area contributed by atoms with Crippen molar-refractivity contribution in [3.63, 3.8) is 0 Å². The third-order valence-corrected chi connectivity index (χ3v) is 2.06. The Morgan fingerprint density at radius 2 is 2.06 bits per heavy atom. The van der Waals surface area contributed by atoms with Crippen molar-refractivity contribution in [3.05, 3.63) is 46.0 Å². The van der Waals surface area contributed by atoms with E-state index in [1.807, 2.05) is 0 Å². The summed E-state index contributed by atoms with van der Waals surface area (Å²) in [5, 5.41) is 21.3. The summed E-state index contributed by atoms with van der Waals surface area (Å²) in [6.07, 6.45) is 1.57. The van der Waals surface area contributed by atoms with Gasteiger partial charge in [0, 0.05) is 30.0 Å². The summed E-state index contributed by atoms with van der Waals surface area (Å²) in [6, 6.07) is 3.96. The van der Waals surface area contributed by atoms with E-state index in [9.17, 15) is 19.7 Å². The lowest BCUT2D eigenvalue weighted by Gasteiger charge is -2.05. The largest absolute Gasteiger partial charge is 0.478 e. The van der Waals surface area contributed by atoms with Crippen LogP contribution in [0.2, 0.25) is 0 Å². The van der Waals surface area contributed by atoms with Gasteiger partial charge in [0.25, 0.3) is 5.69 Å². The number of hydrogen-bond acceptors (Lipinski definition) is 4. The molecule has 0 spiro atoms. The van der Waals surface area contributed by atoms with Gasteiger partial charge in [-0.1, -0.05) is 0 Å². The Kier molecular flexibility index (Phi) is 4.14. The van der Waals surface area contributed by atoms with Gasteiger partial charge in [0.15, 0.2) is 0 Å². The molecule has 0 aliphatic heterocycles. The van der Waals surface area contributed by atoms with Crippen LogP contribution in [0.25, 0.3) is 0 Å². The highest BCUT2D eigenvalue weighted by Crippen LogP contribution is 2.20. The van der Waals surface area contributed by atoms with Crippen LogP contribution in [-0.4, -0.2) is 21.9 Å². The number of nitrogens with zero attached hydrogens (tertiary/aromatic N) is 1. The fourth-order valence-electron chi connectivity index (χ4n) is 1.22. The van der Waals surface area contributed by atoms with Crippen LogP contribution in [0.15, 0.2) is 30.4 Å². The summed E-state index contributed by atoms with van der Waals surface area (Å²) >= 11 is 0. The highest BCUT2D eigenvalue weighted by atomic mass is 16.6. The molecular weight excluding hydrogens is 240 g/mol. The number of hydrogen-bond donors (Lipinski definition) is 2. The lowest BCUT2D eigenvalue weighted by atomic mass is 10.2. The molecule has 0 aliphatic rings. The topological polar surface area (TPSA) is 110 Å². The van der Waals surface area contributed by atoms with Gasteiger partial charge >= 0.3 is 5.97 Å². The van der Waals surface area contributed by atoms with Crippen LogP contribution in [0.3, 0.4) is 0 Å². The molecule has 18 heavy (non-hydrogen) atoms. The number of aliphatic carboxylic acids is 1. The molecule has 0 heterocycles. The molecule has 0 unspecified atom stereocenters. The summed E-state index contributed by atoms with van der Waals surface area (Å²) < 4.78 is 0. The molecule has 2 N–H and O–H groups in total. The van der Waals surface area contributed by atoms with Crippen LogP contribution in [-0.2, 0) is 9.59 Å². The van der Waals surface area contributed by atoms with Gasteiger partial charge in [0.2, 0.25) is 5.91 Å². The lowest BCUT2D eigenvalue weighted by molar-refractivity contribution is -0.384. The zero-order chi connectivity index (χ0) is 13.7. The first-order chi connectivity index (χ1) is 8.40. The van der Waals surface area contributed by atoms with Crippen molar-refractivity contribution >= 4 is 23.3 Å². The number of nitro benzene ring substituents is 1. The second-order valence-electron chi connectivity index (χ2n) is 3.42. The van der Waals surface area contributed by atoms with Crippen LogP contribution >= 0.6 is 0 Å². The maximum absolute atomic E-state index is 11.3. The maximum atomic E-state index is 11.3. The molecule has 0 bridgehead atoms. The zero-order valence-corrected chi connectivity index (χ0v) is 9.41. The zero-order valence-electron chi connectivity index (χ0n) is 9.41. The number of rotatable bonds is 4. The van der Waals surface area contributed by atoms with Crippen molar-refractivity contribution in [2.24, 2.45) is 0 Å². The smallest absolute Gasteiger partial charge is 0.328 e. The molecule has 0 fully saturated rings. The van der Waals surface area contributed by atoms with Crippen LogP contribution in [0, 0.1) is 17.0 Å². The Labute approximate surface area is 102 Å². The average Bonchev–Trinajstić information content (AvgIpc) is 2.29. The fraction of sp³-hybridized carbons (Fsp3) is 0.0909. The van der Waals surface area contributed by atoms with Gasteiger partial charge in [-0.15, -0.1) is 0 Å². The monoisotopic (exact) mass is 250 g/mol. The first-order valence-electron chi connectivity index (χ1n) is 4.87. The first kappa shape index (κ1) is 13.4. The molecule has 1 amide bonds. The van der Waals surface area contributed by atoms with E-state index in [2.05, 4.69) is 5.32 Å². The van der Waals surface area contributed by atoms with Gasteiger partial charge in [0.1, 0.15) is 0 Å². The number of nitrogens with one attached hydrogen (secondary N) is 1. The van der Waals surface area contributed by atoms with Gasteiger partial charge in [0.05, 0.1) is 4.92 Å². The van der Waals surface area contributed by atoms with E-state index in [-0.39, 0.29) is 5.69 Å². The Morgan fingerprint density at radius 1 is 1.39 bits per heavy atom. The van der Waals surface area contributed by atoms with Crippen molar-refractivity contribution in [3.8, 4) is 0 Å². The van der Waals surface area contributed by atoms with E-state index in [0.717, 1.165) is 6.08 Å². The van der Waals surface area contributed by atoms with E-state index in [1.54, 1.807) is 6.92 Å². The number of non-ortho nitro benzene ring substituents is 1. The lowest BCUT2D eigenvalue weighted by Crippen LogP contribution is -2.09. The summed E-state index contributed by atoms with van der Waals surface area (Å²) in [7, 11) is 0. The van der Waals surface area contributed by atoms with E-state index >= 15 is 0 Å². The SMILES string of the molecule is Cc1cc([N+](=O)[O-])ccc1NC(=O)/C=C\C(=O)O. The van der Waals surface area contributed by atoms with Crippen molar-refractivity contribution < 1.29 is 19.6 Å². The number of benzene rings is 1. The van der Waals surface area contributed by atoms with Gasteiger partial charge in [-0.05, 0) is 18.6 Å². The van der Waals surface area contributed by atoms with Gasteiger partial charge in [-0.3, -0.25) is 14.9 Å². The molecule has 94 valence electrons. The summed E-state index contributed by atoms with van der Waals surface area (Å²) in [6.45, 7) is 1.60. The molecule has 0 aromatic heterocycles. The molecule has 0 aliphatic carbocycles. The number of anilines is 1.